The van der Waals surface area contributed by atoms with E-state index in [-0.39, 0.29) is 59.7 Å². The molecule has 21 heteroatoms. The summed E-state index contributed by atoms with van der Waals surface area (Å²) in [5.74, 6) is -9.03. The Morgan fingerprint density at radius 1 is 0.603 bits per heavy atom. The van der Waals surface area contributed by atoms with E-state index in [1.165, 1.54) is 42.6 Å². The van der Waals surface area contributed by atoms with Gasteiger partial charge in [-0.25, -0.2) is 25.6 Å². The van der Waals surface area contributed by atoms with Gasteiger partial charge in [-0.15, -0.1) is 0 Å². The van der Waals surface area contributed by atoms with Crippen LogP contribution in [-0.2, 0) is 51.6 Å². The van der Waals surface area contributed by atoms with Crippen molar-refractivity contribution in [2.75, 3.05) is 32.7 Å². The Hall–Kier alpha value is -4.99. The van der Waals surface area contributed by atoms with Crippen molar-refractivity contribution >= 4 is 31.6 Å². The van der Waals surface area contributed by atoms with Crippen LogP contribution in [0.4, 0.5) is 30.7 Å². The van der Waals surface area contributed by atoms with Crippen molar-refractivity contribution in [2.45, 2.75) is 155 Å². The Kier molecular flexibility index (Phi) is 18.1. The van der Waals surface area contributed by atoms with Crippen molar-refractivity contribution in [2.24, 2.45) is 0 Å². The molecule has 3 heterocycles. The van der Waals surface area contributed by atoms with Gasteiger partial charge in [0.25, 0.3) is 0 Å². The summed E-state index contributed by atoms with van der Waals surface area (Å²) in [5.41, 5.74) is 1.45. The number of sulfone groups is 2. The molecule has 1 N–H and O–H groups in total. The summed E-state index contributed by atoms with van der Waals surface area (Å²) in [7, 11) is -8.17. The monoisotopic (exact) mass is 1070 g/mol. The molecular formula is C52H65F7N4O8S2. The number of hydrogen-bond donors (Lipinski definition) is 1. The Bertz CT molecular complexity index is 2720. The summed E-state index contributed by atoms with van der Waals surface area (Å²) in [6, 6.07) is 19.4. The standard InChI is InChI=1S/C26H32F5N3O4S.C26H33F2NO4S/c1-5-34-14-12-24(13-15-34,22(35)38-23(2,3)4)39(36,37)20-8-6-18(7-9-20)21-17-32-19(16-33-21)10-11-25(27,28)26(29,30)31;1-24(2,3)33-23(30)26(15-17-29-18-16-26)34(31,32)22-11-9-21(10-12-22)20-7-5-19(6-8-20)13-14-25(4,27)28/h6-9,16-17H,5,10-15H2,1-4H3;5-12,29H,13-18H2,1-4H3. The molecule has 6 rings (SSSR count). The van der Waals surface area contributed by atoms with E-state index in [2.05, 4.69) is 20.2 Å². The van der Waals surface area contributed by atoms with Crippen LogP contribution >= 0.6 is 0 Å². The fourth-order valence-electron chi connectivity index (χ4n) is 8.34. The van der Waals surface area contributed by atoms with Crippen LogP contribution in [0.2, 0.25) is 0 Å². The highest BCUT2D eigenvalue weighted by Crippen LogP contribution is 2.41. The molecule has 0 amide bonds. The number of piperidine rings is 2. The molecule has 0 radical (unpaired) electrons. The first-order valence-corrected chi connectivity index (χ1v) is 26.9. The van der Waals surface area contributed by atoms with Crippen molar-refractivity contribution in [1.29, 1.82) is 0 Å². The highest BCUT2D eigenvalue weighted by Gasteiger charge is 2.57. The number of nitrogens with zero attached hydrogens (tertiary/aromatic N) is 3. The van der Waals surface area contributed by atoms with E-state index in [0.29, 0.717) is 31.7 Å². The lowest BCUT2D eigenvalue weighted by molar-refractivity contribution is -0.284. The summed E-state index contributed by atoms with van der Waals surface area (Å²) in [6.07, 6.45) is -4.88. The topological polar surface area (TPSA) is 162 Å². The molecule has 2 aliphatic rings. The maximum Gasteiger partial charge on any atom is 0.453 e. The third-order valence-corrected chi connectivity index (χ3v) is 17.7. The first-order valence-electron chi connectivity index (χ1n) is 24.0. The number of carbonyl (C=O) groups excluding carboxylic acids is 2. The van der Waals surface area contributed by atoms with E-state index in [0.717, 1.165) is 36.4 Å². The van der Waals surface area contributed by atoms with Gasteiger partial charge in [0.1, 0.15) is 11.2 Å². The zero-order valence-corrected chi connectivity index (χ0v) is 44.0. The number of aromatic nitrogens is 2. The number of esters is 2. The maximum atomic E-state index is 13.9. The number of nitrogens with one attached hydrogen (secondary N) is 1. The van der Waals surface area contributed by atoms with Gasteiger partial charge in [0, 0.05) is 37.7 Å². The molecule has 0 saturated carbocycles. The minimum atomic E-state index is -5.64. The average molecular weight is 1070 g/mol. The van der Waals surface area contributed by atoms with E-state index in [1.807, 2.05) is 19.1 Å². The Morgan fingerprint density at radius 3 is 1.44 bits per heavy atom. The molecule has 0 aliphatic carbocycles. The number of carbonyl (C=O) groups is 2. The van der Waals surface area contributed by atoms with E-state index < -0.39 is 83.2 Å². The minimum absolute atomic E-state index is 0.0420. The van der Waals surface area contributed by atoms with Gasteiger partial charge < -0.3 is 19.7 Å². The van der Waals surface area contributed by atoms with Gasteiger partial charge in [-0.2, -0.15) is 22.0 Å². The third kappa shape index (κ3) is 14.4. The number of hydrogen-bond acceptors (Lipinski definition) is 12. The van der Waals surface area contributed by atoms with E-state index in [4.69, 9.17) is 9.47 Å². The number of aryl methyl sites for hydroxylation is 2. The van der Waals surface area contributed by atoms with Gasteiger partial charge in [0.2, 0.25) is 5.92 Å². The molecule has 2 fully saturated rings. The molecule has 2 aliphatic heterocycles. The second kappa shape index (κ2) is 22.5. The molecule has 0 spiro atoms. The van der Waals surface area contributed by atoms with Crippen LogP contribution in [0, 0.1) is 0 Å². The first-order chi connectivity index (χ1) is 33.7. The lowest BCUT2D eigenvalue weighted by Gasteiger charge is -2.40. The zero-order valence-electron chi connectivity index (χ0n) is 42.3. The molecule has 1 aromatic heterocycles. The number of likely N-dealkylation sites (tertiary alicyclic amines) is 1. The largest absolute Gasteiger partial charge is 0.459 e. The number of ether oxygens (including phenoxy) is 2. The average Bonchev–Trinajstić information content (AvgIpc) is 3.32. The van der Waals surface area contributed by atoms with E-state index >= 15 is 0 Å². The molecule has 0 atom stereocenters. The molecule has 2 saturated heterocycles. The van der Waals surface area contributed by atoms with Crippen molar-refractivity contribution in [3.05, 3.63) is 96.4 Å². The molecule has 12 nitrogen and oxygen atoms in total. The van der Waals surface area contributed by atoms with Crippen LogP contribution in [0.5, 0.6) is 0 Å². The van der Waals surface area contributed by atoms with Crippen LogP contribution in [0.1, 0.15) is 105 Å². The Labute approximate surface area is 423 Å². The molecular weight excluding hydrogens is 1010 g/mol. The highest BCUT2D eigenvalue weighted by atomic mass is 32.2. The Morgan fingerprint density at radius 2 is 1.04 bits per heavy atom. The molecule has 402 valence electrons. The SMILES string of the molecule is CC(F)(F)CCc1ccc(-c2ccc(S(=O)(=O)C3(C(=O)OC(C)(C)C)CCNCC3)cc2)cc1.CCN1CCC(C(=O)OC(C)(C)C)(S(=O)(=O)c2ccc(-c3cnc(CCC(F)(F)C(F)(F)F)cn3)cc2)CC1. The van der Waals surface area contributed by atoms with Gasteiger partial charge in [0.15, 0.2) is 29.2 Å². The second-order valence-electron chi connectivity index (χ2n) is 20.6. The Balaban J connectivity index is 0.000000273. The number of benzene rings is 3. The van der Waals surface area contributed by atoms with Crippen molar-refractivity contribution in [1.82, 2.24) is 20.2 Å². The number of alkyl halides is 7. The summed E-state index contributed by atoms with van der Waals surface area (Å²) < 4.78 is 152. The predicted octanol–water partition coefficient (Wildman–Crippen LogP) is 10.4. The second-order valence-corrected chi connectivity index (χ2v) is 25.1. The van der Waals surface area contributed by atoms with Crippen LogP contribution in [0.15, 0.2) is 95.0 Å². The zero-order chi connectivity index (χ0) is 54.5. The molecule has 0 bridgehead atoms. The van der Waals surface area contributed by atoms with E-state index in [9.17, 15) is 57.2 Å². The van der Waals surface area contributed by atoms with Crippen molar-refractivity contribution in [3.63, 3.8) is 0 Å². The summed E-state index contributed by atoms with van der Waals surface area (Å²) >= 11 is 0. The van der Waals surface area contributed by atoms with Gasteiger partial charge in [-0.05, 0) is 148 Å². The van der Waals surface area contributed by atoms with Gasteiger partial charge in [-0.1, -0.05) is 55.5 Å². The van der Waals surface area contributed by atoms with Crippen molar-refractivity contribution < 1.29 is 66.6 Å². The quantitative estimate of drug-likeness (QED) is 0.0887. The summed E-state index contributed by atoms with van der Waals surface area (Å²) in [4.78, 5) is 36.5. The third-order valence-electron chi connectivity index (χ3n) is 12.7. The first kappa shape index (κ1) is 58.9. The normalized spacial score (nSPS) is 17.0. The molecule has 4 aromatic rings. The fourth-order valence-corrected chi connectivity index (χ4v) is 12.2. The van der Waals surface area contributed by atoms with Gasteiger partial charge in [-0.3, -0.25) is 19.6 Å². The fraction of sp³-hybridized carbons (Fsp3) is 0.538. The van der Waals surface area contributed by atoms with E-state index in [1.54, 1.807) is 65.8 Å². The maximum absolute atomic E-state index is 13.9. The minimum Gasteiger partial charge on any atom is -0.459 e. The lowest BCUT2D eigenvalue weighted by atomic mass is 9.95. The number of rotatable bonds is 15. The van der Waals surface area contributed by atoms with Crippen LogP contribution < -0.4 is 5.32 Å². The highest BCUT2D eigenvalue weighted by molar-refractivity contribution is 7.94. The van der Waals surface area contributed by atoms with Crippen LogP contribution in [-0.4, -0.2) is 115 Å². The summed E-state index contributed by atoms with van der Waals surface area (Å²) in [5, 5.41) is 3.12. The molecule has 73 heavy (non-hydrogen) atoms. The smallest absolute Gasteiger partial charge is 0.453 e. The number of halogens is 7. The predicted molar refractivity (Wildman–Crippen MR) is 263 cm³/mol. The van der Waals surface area contributed by atoms with Gasteiger partial charge >= 0.3 is 24.0 Å². The van der Waals surface area contributed by atoms with Crippen LogP contribution in [0.25, 0.3) is 22.4 Å². The molecule has 3 aromatic carbocycles. The van der Waals surface area contributed by atoms with Crippen LogP contribution in [0.3, 0.4) is 0 Å². The summed E-state index contributed by atoms with van der Waals surface area (Å²) in [6.45, 7) is 15.5. The molecule has 0 unspecified atom stereocenters. The lowest BCUT2D eigenvalue weighted by Crippen LogP contribution is -2.56. The van der Waals surface area contributed by atoms with Crippen molar-refractivity contribution in [3.8, 4) is 22.4 Å². The van der Waals surface area contributed by atoms with Gasteiger partial charge in [0.05, 0.1) is 27.4 Å².